The van der Waals surface area contributed by atoms with Crippen LogP contribution in [0.5, 0.6) is 5.75 Å². The molecule has 2 heteroatoms. The SMILES string of the molecule is NCCCCCCCCCCCOc1cccc(-c2ccccc2)c1. The first kappa shape index (κ1) is 19.5. The van der Waals surface area contributed by atoms with Crippen LogP contribution in [-0.2, 0) is 0 Å². The summed E-state index contributed by atoms with van der Waals surface area (Å²) in [5.74, 6) is 0.973. The molecule has 25 heavy (non-hydrogen) atoms. The summed E-state index contributed by atoms with van der Waals surface area (Å²) in [7, 11) is 0. The third-order valence-electron chi connectivity index (χ3n) is 4.56. The van der Waals surface area contributed by atoms with Crippen LogP contribution in [0, 0.1) is 0 Å². The lowest BCUT2D eigenvalue weighted by Crippen LogP contribution is -1.98. The zero-order chi connectivity index (χ0) is 17.6. The zero-order valence-electron chi connectivity index (χ0n) is 15.5. The van der Waals surface area contributed by atoms with E-state index in [0.29, 0.717) is 0 Å². The van der Waals surface area contributed by atoms with Crippen molar-refractivity contribution in [1.29, 1.82) is 0 Å². The summed E-state index contributed by atoms with van der Waals surface area (Å²) in [6.45, 7) is 1.66. The van der Waals surface area contributed by atoms with Crippen molar-refractivity contribution in [2.24, 2.45) is 5.73 Å². The Morgan fingerprint density at radius 3 is 1.88 bits per heavy atom. The van der Waals surface area contributed by atoms with Gasteiger partial charge in [0.1, 0.15) is 5.75 Å². The van der Waals surface area contributed by atoms with Gasteiger partial charge in [0.15, 0.2) is 0 Å². The minimum absolute atomic E-state index is 0.814. The quantitative estimate of drug-likeness (QED) is 0.441. The summed E-state index contributed by atoms with van der Waals surface area (Å²) >= 11 is 0. The summed E-state index contributed by atoms with van der Waals surface area (Å²) < 4.78 is 5.93. The maximum atomic E-state index is 5.93. The van der Waals surface area contributed by atoms with E-state index in [2.05, 4.69) is 42.5 Å². The molecule has 0 saturated heterocycles. The Hall–Kier alpha value is -1.80. The van der Waals surface area contributed by atoms with Gasteiger partial charge >= 0.3 is 0 Å². The Labute approximate surface area is 153 Å². The van der Waals surface area contributed by atoms with Crippen LogP contribution in [0.15, 0.2) is 54.6 Å². The minimum Gasteiger partial charge on any atom is -0.494 e. The largest absolute Gasteiger partial charge is 0.494 e. The third kappa shape index (κ3) is 8.22. The Bertz CT molecular complexity index is 567. The van der Waals surface area contributed by atoms with E-state index in [4.69, 9.17) is 10.5 Å². The third-order valence-corrected chi connectivity index (χ3v) is 4.56. The second-order valence-electron chi connectivity index (χ2n) is 6.71. The smallest absolute Gasteiger partial charge is 0.119 e. The van der Waals surface area contributed by atoms with E-state index >= 15 is 0 Å². The number of benzene rings is 2. The van der Waals surface area contributed by atoms with Crippen LogP contribution in [0.2, 0.25) is 0 Å². The van der Waals surface area contributed by atoms with E-state index in [1.807, 2.05) is 12.1 Å². The van der Waals surface area contributed by atoms with Crippen LogP contribution in [0.3, 0.4) is 0 Å². The average Bonchev–Trinajstić information content (AvgIpc) is 2.67. The molecule has 0 saturated carbocycles. The number of unbranched alkanes of at least 4 members (excludes halogenated alkanes) is 8. The molecule has 0 amide bonds. The summed E-state index contributed by atoms with van der Waals surface area (Å²) in [5.41, 5.74) is 7.96. The molecule has 2 aromatic carbocycles. The molecule has 0 bridgehead atoms. The molecule has 0 heterocycles. The normalized spacial score (nSPS) is 10.8. The van der Waals surface area contributed by atoms with Gasteiger partial charge in [0, 0.05) is 0 Å². The fourth-order valence-electron chi connectivity index (χ4n) is 3.07. The van der Waals surface area contributed by atoms with E-state index in [1.54, 1.807) is 0 Å². The molecule has 0 radical (unpaired) electrons. The van der Waals surface area contributed by atoms with Crippen molar-refractivity contribution in [3.8, 4) is 16.9 Å². The molecule has 136 valence electrons. The highest BCUT2D eigenvalue weighted by atomic mass is 16.5. The zero-order valence-corrected chi connectivity index (χ0v) is 15.5. The maximum Gasteiger partial charge on any atom is 0.119 e. The fourth-order valence-corrected chi connectivity index (χ4v) is 3.07. The molecule has 2 nitrogen and oxygen atoms in total. The Balaban J connectivity index is 1.55. The van der Waals surface area contributed by atoms with Crippen molar-refractivity contribution >= 4 is 0 Å². The second kappa shape index (κ2) is 12.5. The van der Waals surface area contributed by atoms with Crippen LogP contribution in [-0.4, -0.2) is 13.2 Å². The van der Waals surface area contributed by atoms with E-state index in [0.717, 1.165) is 25.3 Å². The highest BCUT2D eigenvalue weighted by Crippen LogP contribution is 2.23. The number of rotatable bonds is 13. The number of ether oxygens (including phenoxy) is 1. The van der Waals surface area contributed by atoms with Gasteiger partial charge in [-0.1, -0.05) is 87.4 Å². The van der Waals surface area contributed by atoms with Gasteiger partial charge in [-0.3, -0.25) is 0 Å². The standard InChI is InChI=1S/C23H33NO/c24-18-11-6-4-2-1-3-5-7-12-19-25-23-17-13-16-22(20-23)21-14-9-8-10-15-21/h8-10,13-17,20H,1-7,11-12,18-19,24H2. The topological polar surface area (TPSA) is 35.2 Å². The van der Waals surface area contributed by atoms with Crippen LogP contribution in [0.4, 0.5) is 0 Å². The van der Waals surface area contributed by atoms with Gasteiger partial charge < -0.3 is 10.5 Å². The van der Waals surface area contributed by atoms with Gasteiger partial charge in [-0.05, 0) is 42.6 Å². The van der Waals surface area contributed by atoms with Gasteiger partial charge in [-0.25, -0.2) is 0 Å². The van der Waals surface area contributed by atoms with Crippen molar-refractivity contribution in [3.05, 3.63) is 54.6 Å². The molecule has 0 atom stereocenters. The lowest BCUT2D eigenvalue weighted by Gasteiger charge is -2.08. The molecule has 2 rings (SSSR count). The molecule has 0 spiro atoms. The van der Waals surface area contributed by atoms with Crippen molar-refractivity contribution in [2.45, 2.75) is 57.8 Å². The van der Waals surface area contributed by atoms with E-state index in [9.17, 15) is 0 Å². The molecule has 0 aliphatic rings. The van der Waals surface area contributed by atoms with Gasteiger partial charge in [-0.2, -0.15) is 0 Å². The number of nitrogens with two attached hydrogens (primary N) is 1. The second-order valence-corrected chi connectivity index (χ2v) is 6.71. The van der Waals surface area contributed by atoms with Crippen LogP contribution >= 0.6 is 0 Å². The maximum absolute atomic E-state index is 5.93. The lowest BCUT2D eigenvalue weighted by molar-refractivity contribution is 0.304. The van der Waals surface area contributed by atoms with Crippen molar-refractivity contribution in [1.82, 2.24) is 0 Å². The Morgan fingerprint density at radius 2 is 1.20 bits per heavy atom. The molecule has 2 N–H and O–H groups in total. The first-order valence-corrected chi connectivity index (χ1v) is 9.88. The van der Waals surface area contributed by atoms with Gasteiger partial charge in [-0.15, -0.1) is 0 Å². The molecule has 0 fully saturated rings. The van der Waals surface area contributed by atoms with Gasteiger partial charge in [0.2, 0.25) is 0 Å². The molecule has 0 aliphatic carbocycles. The number of hydrogen-bond acceptors (Lipinski definition) is 2. The summed E-state index contributed by atoms with van der Waals surface area (Å²) in [6.07, 6.45) is 11.6. The lowest BCUT2D eigenvalue weighted by atomic mass is 10.1. The summed E-state index contributed by atoms with van der Waals surface area (Å²) in [6, 6.07) is 18.8. The van der Waals surface area contributed by atoms with Crippen molar-refractivity contribution < 1.29 is 4.74 Å². The van der Waals surface area contributed by atoms with Crippen LogP contribution < -0.4 is 10.5 Å². The van der Waals surface area contributed by atoms with Gasteiger partial charge in [0.25, 0.3) is 0 Å². The van der Waals surface area contributed by atoms with Crippen molar-refractivity contribution in [2.75, 3.05) is 13.2 Å². The molecule has 0 aliphatic heterocycles. The van der Waals surface area contributed by atoms with Crippen LogP contribution in [0.1, 0.15) is 57.8 Å². The first-order chi connectivity index (χ1) is 12.4. The Kier molecular flexibility index (Phi) is 9.80. The predicted molar refractivity (Wildman–Crippen MR) is 108 cm³/mol. The highest BCUT2D eigenvalue weighted by Gasteiger charge is 2.00. The van der Waals surface area contributed by atoms with E-state index < -0.39 is 0 Å². The average molecular weight is 340 g/mol. The summed E-state index contributed by atoms with van der Waals surface area (Å²) in [4.78, 5) is 0. The fraction of sp³-hybridized carbons (Fsp3) is 0.478. The molecule has 0 aromatic heterocycles. The van der Waals surface area contributed by atoms with Crippen LogP contribution in [0.25, 0.3) is 11.1 Å². The predicted octanol–water partition coefficient (Wildman–Crippen LogP) is 6.20. The Morgan fingerprint density at radius 1 is 0.600 bits per heavy atom. The number of hydrogen-bond donors (Lipinski definition) is 1. The van der Waals surface area contributed by atoms with E-state index in [-0.39, 0.29) is 0 Å². The molecule has 2 aromatic rings. The molecular weight excluding hydrogens is 306 g/mol. The monoisotopic (exact) mass is 339 g/mol. The first-order valence-electron chi connectivity index (χ1n) is 9.88. The molecule has 0 unspecified atom stereocenters. The molecular formula is C23H33NO. The van der Waals surface area contributed by atoms with Crippen molar-refractivity contribution in [3.63, 3.8) is 0 Å². The van der Waals surface area contributed by atoms with Gasteiger partial charge in [0.05, 0.1) is 6.61 Å². The highest BCUT2D eigenvalue weighted by molar-refractivity contribution is 5.64. The summed E-state index contributed by atoms with van der Waals surface area (Å²) in [5, 5.41) is 0. The minimum atomic E-state index is 0.814. The van der Waals surface area contributed by atoms with E-state index in [1.165, 1.54) is 62.5 Å².